The van der Waals surface area contributed by atoms with E-state index in [0.29, 0.717) is 11.4 Å². The van der Waals surface area contributed by atoms with Crippen molar-refractivity contribution in [1.82, 2.24) is 14.1 Å². The highest BCUT2D eigenvalue weighted by Gasteiger charge is 2.17. The molecule has 3 rings (SSSR count). The molecule has 0 radical (unpaired) electrons. The normalized spacial score (nSPS) is 12.5. The number of rotatable bonds is 9. The van der Waals surface area contributed by atoms with Crippen molar-refractivity contribution in [2.45, 2.75) is 46.9 Å². The van der Waals surface area contributed by atoms with Crippen LogP contribution in [0.5, 0.6) is 5.75 Å². The van der Waals surface area contributed by atoms with Crippen LogP contribution < -0.4 is 21.7 Å². The second-order valence-corrected chi connectivity index (χ2v) is 8.66. The molecule has 0 saturated heterocycles. The highest BCUT2D eigenvalue weighted by molar-refractivity contribution is 5.69. The van der Waals surface area contributed by atoms with Crippen molar-refractivity contribution < 1.29 is 14.6 Å². The molecule has 1 atom stereocenters. The van der Waals surface area contributed by atoms with Gasteiger partial charge in [-0.05, 0) is 44.5 Å². The fraction of sp³-hybridized carbons (Fsp3) is 0.308. The second-order valence-electron chi connectivity index (χ2n) is 8.66. The Labute approximate surface area is 202 Å². The van der Waals surface area contributed by atoms with Crippen molar-refractivity contribution in [3.8, 4) is 5.75 Å². The predicted molar refractivity (Wildman–Crippen MR) is 134 cm³/mol. The molecule has 0 spiro atoms. The van der Waals surface area contributed by atoms with E-state index in [9.17, 15) is 19.5 Å². The zero-order valence-electron chi connectivity index (χ0n) is 20.3. The number of aromatic nitrogens is 3. The Hall–Kier alpha value is -4.14. The molecule has 2 N–H and O–H groups in total. The highest BCUT2D eigenvalue weighted by Crippen LogP contribution is 2.26. The Morgan fingerprint density at radius 1 is 1.14 bits per heavy atom. The average Bonchev–Trinajstić information content (AvgIpc) is 2.80. The van der Waals surface area contributed by atoms with Crippen LogP contribution in [0.4, 0.5) is 5.69 Å². The molecule has 3 aromatic rings. The zero-order chi connectivity index (χ0) is 25.7. The lowest BCUT2D eigenvalue weighted by molar-refractivity contribution is -0.141. The first kappa shape index (κ1) is 25.5. The van der Waals surface area contributed by atoms with Crippen LogP contribution in [0.3, 0.4) is 0 Å². The van der Waals surface area contributed by atoms with Gasteiger partial charge in [0, 0.05) is 12.1 Å². The number of nitrogens with zero attached hydrogens (tertiary/aromatic N) is 3. The molecule has 0 aliphatic carbocycles. The van der Waals surface area contributed by atoms with Gasteiger partial charge in [-0.2, -0.15) is 0 Å². The van der Waals surface area contributed by atoms with Gasteiger partial charge in [-0.1, -0.05) is 49.4 Å². The van der Waals surface area contributed by atoms with Crippen molar-refractivity contribution >= 4 is 17.7 Å². The van der Waals surface area contributed by atoms with Crippen LogP contribution in [0.2, 0.25) is 0 Å². The maximum atomic E-state index is 13.3. The molecule has 0 amide bonds. The number of aliphatic carboxylic acids is 1. The van der Waals surface area contributed by atoms with Crippen LogP contribution in [0, 0.1) is 12.8 Å². The van der Waals surface area contributed by atoms with Crippen LogP contribution in [-0.2, 0) is 17.9 Å². The number of nitrogens with one attached hydrogen (secondary N) is 1. The van der Waals surface area contributed by atoms with Gasteiger partial charge >= 0.3 is 17.3 Å². The number of hydrogen-bond donors (Lipinski definition) is 2. The number of carbonyl (C=O) groups is 1. The molecule has 1 heterocycles. The topological polar surface area (TPSA) is 119 Å². The first-order valence-electron chi connectivity index (χ1n) is 11.3. The van der Waals surface area contributed by atoms with E-state index in [4.69, 9.17) is 4.74 Å². The van der Waals surface area contributed by atoms with E-state index in [0.717, 1.165) is 21.3 Å². The molecule has 9 heteroatoms. The van der Waals surface area contributed by atoms with E-state index in [2.05, 4.69) is 16.6 Å². The van der Waals surface area contributed by atoms with Crippen LogP contribution in [0.15, 0.2) is 63.6 Å². The molecule has 0 aliphatic rings. The standard InChI is InChI=1S/C26H30N4O5/c1-6-20-13-21(11-12-22(20)35-16(2)3)27-24-28-25(33)30(14-18(5)23(31)32)26(34)29(24)15-19-9-7-17(4)8-10-19/h6-13,16,18H,1,14-15H2,2-5H3,(H,31,32)(H,27,28,33)/t18-/m0/s1. The van der Waals surface area contributed by atoms with Crippen LogP contribution in [0.1, 0.15) is 37.5 Å². The van der Waals surface area contributed by atoms with Gasteiger partial charge in [-0.25, -0.2) is 19.1 Å². The summed E-state index contributed by atoms with van der Waals surface area (Å²) in [5.41, 5.74) is 1.77. The van der Waals surface area contributed by atoms with Crippen molar-refractivity contribution in [1.29, 1.82) is 0 Å². The quantitative estimate of drug-likeness (QED) is 0.490. The number of carboxylic acid groups (broad SMARTS) is 1. The summed E-state index contributed by atoms with van der Waals surface area (Å²) in [5, 5.41) is 9.26. The Balaban J connectivity index is 2.19. The van der Waals surface area contributed by atoms with Crippen LogP contribution in [-0.4, -0.2) is 31.3 Å². The first-order chi connectivity index (χ1) is 16.6. The van der Waals surface area contributed by atoms with Crippen molar-refractivity contribution in [2.75, 3.05) is 0 Å². The van der Waals surface area contributed by atoms with Gasteiger partial charge in [0.15, 0.2) is 0 Å². The first-order valence-corrected chi connectivity index (χ1v) is 11.3. The lowest BCUT2D eigenvalue weighted by Crippen LogP contribution is -2.51. The Morgan fingerprint density at radius 3 is 2.43 bits per heavy atom. The fourth-order valence-corrected chi connectivity index (χ4v) is 3.42. The largest absolute Gasteiger partial charge is 0.490 e. The van der Waals surface area contributed by atoms with Gasteiger partial charge in [0.2, 0.25) is 5.62 Å². The summed E-state index contributed by atoms with van der Waals surface area (Å²) >= 11 is 0. The molecular formula is C26H30N4O5. The Morgan fingerprint density at radius 2 is 1.83 bits per heavy atom. The molecule has 0 unspecified atom stereocenters. The minimum absolute atomic E-state index is 0.0229. The van der Waals surface area contributed by atoms with E-state index in [1.165, 1.54) is 11.5 Å². The van der Waals surface area contributed by atoms with Crippen LogP contribution >= 0.6 is 0 Å². The van der Waals surface area contributed by atoms with Crippen LogP contribution in [0.25, 0.3) is 6.08 Å². The van der Waals surface area contributed by atoms with E-state index in [-0.39, 0.29) is 24.8 Å². The molecule has 35 heavy (non-hydrogen) atoms. The molecule has 0 aliphatic heterocycles. The van der Waals surface area contributed by atoms with Crippen molar-refractivity contribution in [3.05, 3.63) is 92.3 Å². The summed E-state index contributed by atoms with van der Waals surface area (Å²) < 4.78 is 8.00. The maximum absolute atomic E-state index is 13.3. The molecule has 184 valence electrons. The summed E-state index contributed by atoms with van der Waals surface area (Å²) in [7, 11) is 0. The number of aromatic amines is 1. The monoisotopic (exact) mass is 478 g/mol. The summed E-state index contributed by atoms with van der Waals surface area (Å²) in [5.74, 6) is -1.38. The van der Waals surface area contributed by atoms with Gasteiger partial charge in [0.1, 0.15) is 5.75 Å². The molecule has 0 bridgehead atoms. The summed E-state index contributed by atoms with van der Waals surface area (Å²) in [6.07, 6.45) is 1.62. The third-order valence-corrected chi connectivity index (χ3v) is 5.33. The summed E-state index contributed by atoms with van der Waals surface area (Å²) in [6, 6.07) is 12.8. The second kappa shape index (κ2) is 10.9. The number of aryl methyl sites for hydroxylation is 1. The number of hydrogen-bond acceptors (Lipinski definition) is 5. The maximum Gasteiger partial charge on any atom is 0.335 e. The fourth-order valence-electron chi connectivity index (χ4n) is 3.42. The Bertz CT molecular complexity index is 1410. The minimum Gasteiger partial charge on any atom is -0.490 e. The summed E-state index contributed by atoms with van der Waals surface area (Å²) in [4.78, 5) is 44.6. The number of carboxylic acids is 1. The average molecular weight is 479 g/mol. The molecule has 0 fully saturated rings. The highest BCUT2D eigenvalue weighted by atomic mass is 16.5. The van der Waals surface area contributed by atoms with E-state index < -0.39 is 23.3 Å². The minimum atomic E-state index is -1.10. The predicted octanol–water partition coefficient (Wildman–Crippen LogP) is 3.08. The number of ether oxygens (including phenoxy) is 1. The van der Waals surface area contributed by atoms with E-state index in [1.54, 1.807) is 24.3 Å². The van der Waals surface area contributed by atoms with Gasteiger partial charge in [-0.15, -0.1) is 0 Å². The third kappa shape index (κ3) is 6.26. The zero-order valence-corrected chi connectivity index (χ0v) is 20.3. The van der Waals surface area contributed by atoms with Gasteiger partial charge in [-0.3, -0.25) is 14.3 Å². The van der Waals surface area contributed by atoms with E-state index >= 15 is 0 Å². The smallest absolute Gasteiger partial charge is 0.335 e. The Kier molecular flexibility index (Phi) is 7.91. The van der Waals surface area contributed by atoms with Gasteiger partial charge in [0.25, 0.3) is 0 Å². The van der Waals surface area contributed by atoms with Gasteiger partial charge < -0.3 is 9.84 Å². The van der Waals surface area contributed by atoms with E-state index in [1.807, 2.05) is 45.0 Å². The molecule has 1 aromatic heterocycles. The van der Waals surface area contributed by atoms with Gasteiger partial charge in [0.05, 0.1) is 24.3 Å². The lowest BCUT2D eigenvalue weighted by atomic mass is 10.1. The van der Waals surface area contributed by atoms with Crippen molar-refractivity contribution in [2.24, 2.45) is 10.9 Å². The summed E-state index contributed by atoms with van der Waals surface area (Å²) in [6.45, 7) is 10.9. The number of benzene rings is 2. The molecular weight excluding hydrogens is 448 g/mol. The number of H-pyrrole nitrogens is 1. The van der Waals surface area contributed by atoms with Crippen molar-refractivity contribution in [3.63, 3.8) is 0 Å². The molecule has 9 nitrogen and oxygen atoms in total. The SMILES string of the molecule is C=Cc1cc(N=c2[nH]c(=O)n(C[C@H](C)C(=O)O)c(=O)n2Cc2ccc(C)cc2)ccc1OC(C)C. The third-order valence-electron chi connectivity index (χ3n) is 5.33. The molecule has 0 saturated carbocycles. The lowest BCUT2D eigenvalue weighted by Gasteiger charge is -2.14. The molecule has 2 aromatic carbocycles.